The predicted molar refractivity (Wildman–Crippen MR) is 88.0 cm³/mol. The lowest BCUT2D eigenvalue weighted by Gasteiger charge is -2.34. The van der Waals surface area contributed by atoms with Gasteiger partial charge in [0, 0.05) is 29.4 Å². The average Bonchev–Trinajstić information content (AvgIpc) is 2.81. The molecule has 1 atom stereocenters. The standard InChI is InChI=1S/C18H22N2O3/c1-18(2,3)9-16(21)20-10-14-12(8-15(20)17(22)23)11-6-4-5-7-13(11)19-14/h4-7,15,19H,8-10H2,1-3H3,(H,22,23). The fourth-order valence-corrected chi connectivity index (χ4v) is 3.25. The molecule has 1 aromatic heterocycles. The van der Waals surface area contributed by atoms with Gasteiger partial charge in [0.1, 0.15) is 6.04 Å². The highest BCUT2D eigenvalue weighted by atomic mass is 16.4. The van der Waals surface area contributed by atoms with Crippen LogP contribution in [0.15, 0.2) is 24.3 Å². The third-order valence-electron chi connectivity index (χ3n) is 4.29. The lowest BCUT2D eigenvalue weighted by Crippen LogP contribution is -2.49. The molecule has 0 saturated heterocycles. The van der Waals surface area contributed by atoms with E-state index in [0.717, 1.165) is 22.2 Å². The van der Waals surface area contributed by atoms with Gasteiger partial charge < -0.3 is 15.0 Å². The van der Waals surface area contributed by atoms with Crippen LogP contribution in [0.4, 0.5) is 0 Å². The minimum atomic E-state index is -0.941. The molecule has 122 valence electrons. The summed E-state index contributed by atoms with van der Waals surface area (Å²) < 4.78 is 0. The van der Waals surface area contributed by atoms with Crippen LogP contribution in [-0.4, -0.2) is 32.9 Å². The molecule has 2 aromatic rings. The average molecular weight is 314 g/mol. The SMILES string of the molecule is CC(C)(C)CC(=O)N1Cc2[nH]c3ccccc3c2CC1C(=O)O. The quantitative estimate of drug-likeness (QED) is 0.895. The highest BCUT2D eigenvalue weighted by Gasteiger charge is 2.37. The lowest BCUT2D eigenvalue weighted by molar-refractivity contribution is -0.152. The van der Waals surface area contributed by atoms with Gasteiger partial charge in [-0.3, -0.25) is 4.79 Å². The summed E-state index contributed by atoms with van der Waals surface area (Å²) in [6, 6.07) is 7.07. The summed E-state index contributed by atoms with van der Waals surface area (Å²) in [7, 11) is 0. The van der Waals surface area contributed by atoms with Crippen molar-refractivity contribution in [2.45, 2.75) is 46.2 Å². The van der Waals surface area contributed by atoms with Crippen LogP contribution in [0.3, 0.4) is 0 Å². The number of benzene rings is 1. The Kier molecular flexibility index (Phi) is 3.66. The van der Waals surface area contributed by atoms with Crippen molar-refractivity contribution >= 4 is 22.8 Å². The molecule has 2 heterocycles. The number of para-hydroxylation sites is 1. The van der Waals surface area contributed by atoms with Crippen molar-refractivity contribution in [3.8, 4) is 0 Å². The number of aromatic nitrogens is 1. The number of aliphatic carboxylic acids is 1. The maximum absolute atomic E-state index is 12.6. The van der Waals surface area contributed by atoms with Gasteiger partial charge in [-0.15, -0.1) is 0 Å². The molecule has 1 aromatic carbocycles. The summed E-state index contributed by atoms with van der Waals surface area (Å²) in [4.78, 5) is 29.1. The molecule has 0 fully saturated rings. The summed E-state index contributed by atoms with van der Waals surface area (Å²) in [6.07, 6.45) is 0.691. The van der Waals surface area contributed by atoms with Crippen LogP contribution in [0.2, 0.25) is 0 Å². The molecule has 5 nitrogen and oxygen atoms in total. The number of amides is 1. The van der Waals surface area contributed by atoms with Crippen LogP contribution in [0.25, 0.3) is 10.9 Å². The third kappa shape index (κ3) is 2.96. The fourth-order valence-electron chi connectivity index (χ4n) is 3.25. The number of aromatic amines is 1. The van der Waals surface area contributed by atoms with Crippen LogP contribution < -0.4 is 0 Å². The highest BCUT2D eigenvalue weighted by Crippen LogP contribution is 2.32. The fraction of sp³-hybridized carbons (Fsp3) is 0.444. The monoisotopic (exact) mass is 314 g/mol. The number of carbonyl (C=O) groups excluding carboxylic acids is 1. The first-order valence-corrected chi connectivity index (χ1v) is 7.87. The van der Waals surface area contributed by atoms with Gasteiger partial charge >= 0.3 is 5.97 Å². The van der Waals surface area contributed by atoms with Gasteiger partial charge in [-0.25, -0.2) is 4.79 Å². The van der Waals surface area contributed by atoms with Crippen molar-refractivity contribution < 1.29 is 14.7 Å². The van der Waals surface area contributed by atoms with Crippen molar-refractivity contribution in [2.75, 3.05) is 0 Å². The van der Waals surface area contributed by atoms with Crippen molar-refractivity contribution in [3.05, 3.63) is 35.5 Å². The molecule has 3 rings (SSSR count). The van der Waals surface area contributed by atoms with Crippen molar-refractivity contribution in [2.24, 2.45) is 5.41 Å². The number of fused-ring (bicyclic) bond motifs is 3. The molecule has 0 aliphatic carbocycles. The minimum Gasteiger partial charge on any atom is -0.480 e. The van der Waals surface area contributed by atoms with Crippen molar-refractivity contribution in [3.63, 3.8) is 0 Å². The lowest BCUT2D eigenvalue weighted by atomic mass is 9.90. The van der Waals surface area contributed by atoms with E-state index in [-0.39, 0.29) is 11.3 Å². The van der Waals surface area contributed by atoms with E-state index >= 15 is 0 Å². The Bertz CT molecular complexity index is 770. The Morgan fingerprint density at radius 2 is 2.00 bits per heavy atom. The van der Waals surface area contributed by atoms with E-state index in [2.05, 4.69) is 4.98 Å². The summed E-state index contributed by atoms with van der Waals surface area (Å²) in [5.74, 6) is -1.04. The Morgan fingerprint density at radius 1 is 1.30 bits per heavy atom. The second-order valence-corrected chi connectivity index (χ2v) is 7.44. The second kappa shape index (κ2) is 5.41. The largest absolute Gasteiger partial charge is 0.480 e. The van der Waals surface area contributed by atoms with Gasteiger partial charge in [0.05, 0.1) is 6.54 Å². The molecular formula is C18H22N2O3. The molecule has 0 saturated carbocycles. The summed E-state index contributed by atoms with van der Waals surface area (Å²) in [5, 5.41) is 10.6. The van der Waals surface area contributed by atoms with Crippen LogP contribution >= 0.6 is 0 Å². The number of rotatable bonds is 2. The Hall–Kier alpha value is -2.30. The molecule has 23 heavy (non-hydrogen) atoms. The van der Waals surface area contributed by atoms with Gasteiger partial charge in [0.2, 0.25) is 5.91 Å². The Labute approximate surface area is 135 Å². The maximum Gasteiger partial charge on any atom is 0.326 e. The van der Waals surface area contributed by atoms with Crippen LogP contribution in [-0.2, 0) is 22.6 Å². The maximum atomic E-state index is 12.6. The summed E-state index contributed by atoms with van der Waals surface area (Å²) in [5.41, 5.74) is 2.80. The Balaban J connectivity index is 1.98. The van der Waals surface area contributed by atoms with Crippen LogP contribution in [0, 0.1) is 5.41 Å². The first-order chi connectivity index (χ1) is 10.8. The normalized spacial score (nSPS) is 18.0. The summed E-state index contributed by atoms with van der Waals surface area (Å²) in [6.45, 7) is 6.28. The van der Waals surface area contributed by atoms with E-state index in [1.54, 1.807) is 0 Å². The molecule has 1 amide bonds. The molecule has 0 spiro atoms. The number of H-pyrrole nitrogens is 1. The number of carbonyl (C=O) groups is 2. The van der Waals surface area contributed by atoms with E-state index in [0.29, 0.717) is 19.4 Å². The van der Waals surface area contributed by atoms with Crippen molar-refractivity contribution in [1.29, 1.82) is 0 Å². The smallest absolute Gasteiger partial charge is 0.326 e. The number of hydrogen-bond donors (Lipinski definition) is 2. The van der Waals surface area contributed by atoms with E-state index in [1.807, 2.05) is 45.0 Å². The van der Waals surface area contributed by atoms with Gasteiger partial charge in [-0.1, -0.05) is 39.0 Å². The second-order valence-electron chi connectivity index (χ2n) is 7.44. The van der Waals surface area contributed by atoms with Gasteiger partial charge in [0.15, 0.2) is 0 Å². The molecule has 1 unspecified atom stereocenters. The first kappa shape index (κ1) is 15.6. The van der Waals surface area contributed by atoms with Gasteiger partial charge in [-0.2, -0.15) is 0 Å². The topological polar surface area (TPSA) is 73.4 Å². The molecule has 1 aliphatic rings. The van der Waals surface area contributed by atoms with E-state index in [1.165, 1.54) is 4.90 Å². The predicted octanol–water partition coefficient (Wildman–Crippen LogP) is 2.94. The Morgan fingerprint density at radius 3 is 2.65 bits per heavy atom. The highest BCUT2D eigenvalue weighted by molar-refractivity contribution is 5.89. The van der Waals surface area contributed by atoms with E-state index < -0.39 is 12.0 Å². The molecule has 0 radical (unpaired) electrons. The summed E-state index contributed by atoms with van der Waals surface area (Å²) >= 11 is 0. The zero-order valence-electron chi connectivity index (χ0n) is 13.7. The minimum absolute atomic E-state index is 0.103. The van der Waals surface area contributed by atoms with Gasteiger partial charge in [0.25, 0.3) is 0 Å². The van der Waals surface area contributed by atoms with Crippen molar-refractivity contribution in [1.82, 2.24) is 9.88 Å². The number of hydrogen-bond acceptors (Lipinski definition) is 2. The number of nitrogens with one attached hydrogen (secondary N) is 1. The number of carboxylic acid groups (broad SMARTS) is 1. The molecule has 2 N–H and O–H groups in total. The number of nitrogens with zero attached hydrogens (tertiary/aromatic N) is 1. The molecule has 5 heteroatoms. The van der Waals surface area contributed by atoms with E-state index in [9.17, 15) is 14.7 Å². The van der Waals surface area contributed by atoms with Gasteiger partial charge in [-0.05, 0) is 17.0 Å². The molecule has 0 bridgehead atoms. The zero-order chi connectivity index (χ0) is 16.8. The van der Waals surface area contributed by atoms with Crippen LogP contribution in [0.5, 0.6) is 0 Å². The third-order valence-corrected chi connectivity index (χ3v) is 4.29. The zero-order valence-corrected chi connectivity index (χ0v) is 13.7. The molecular weight excluding hydrogens is 292 g/mol. The first-order valence-electron chi connectivity index (χ1n) is 7.87. The van der Waals surface area contributed by atoms with Crippen LogP contribution in [0.1, 0.15) is 38.4 Å². The van der Waals surface area contributed by atoms with E-state index in [4.69, 9.17) is 0 Å². The molecule has 1 aliphatic heterocycles. The number of carboxylic acids is 1.